The zero-order valence-electron chi connectivity index (χ0n) is 7.58. The van der Waals surface area contributed by atoms with Crippen LogP contribution < -0.4 is 5.32 Å². The molecule has 1 N–H and O–H groups in total. The molecule has 0 saturated carbocycles. The van der Waals surface area contributed by atoms with Crippen molar-refractivity contribution in [2.75, 3.05) is 0 Å². The van der Waals surface area contributed by atoms with Crippen LogP contribution in [0.25, 0.3) is 0 Å². The predicted octanol–water partition coefficient (Wildman–Crippen LogP) is 1.43. The van der Waals surface area contributed by atoms with E-state index in [2.05, 4.69) is 10.3 Å². The number of hydrogen-bond donors (Lipinski definition) is 1. The molecule has 0 spiro atoms. The highest BCUT2D eigenvalue weighted by Crippen LogP contribution is 2.18. The van der Waals surface area contributed by atoms with Crippen LogP contribution in [-0.4, -0.2) is 17.2 Å². The normalized spacial score (nSPS) is 18.9. The van der Waals surface area contributed by atoms with E-state index in [0.717, 1.165) is 5.56 Å². The van der Waals surface area contributed by atoms with Crippen LogP contribution in [0.1, 0.15) is 11.6 Å². The first-order valence-corrected chi connectivity index (χ1v) is 4.26. The highest BCUT2D eigenvalue weighted by atomic mass is 16.6. The molecule has 0 aromatic heterocycles. The smallest absolute Gasteiger partial charge is 0.324 e. The molecule has 1 aliphatic heterocycles. The number of amides is 2. The lowest BCUT2D eigenvalue weighted by Gasteiger charge is -2.06. The first-order chi connectivity index (χ1) is 7.16. The number of nitrogens with zero attached hydrogens (tertiary/aromatic N) is 2. The Morgan fingerprint density at radius 2 is 2.00 bits per heavy atom. The summed E-state index contributed by atoms with van der Waals surface area (Å²) in [6.07, 6.45) is 1.48. The maximum atomic E-state index is 10.8. The van der Waals surface area contributed by atoms with Gasteiger partial charge in [-0.1, -0.05) is 0 Å². The van der Waals surface area contributed by atoms with Gasteiger partial charge < -0.3 is 5.32 Å². The number of aliphatic imine (C=N–C) groups is 1. The number of nitrogens with one attached hydrogen (secondary N) is 1. The quantitative estimate of drug-likeness (QED) is 0.585. The molecule has 0 radical (unpaired) electrons. The third-order valence-electron chi connectivity index (χ3n) is 2.08. The number of rotatable bonds is 2. The monoisotopic (exact) mass is 205 g/mol. The Bertz CT molecular complexity index is 438. The van der Waals surface area contributed by atoms with Gasteiger partial charge in [0, 0.05) is 18.3 Å². The van der Waals surface area contributed by atoms with Crippen LogP contribution in [0.15, 0.2) is 29.3 Å². The summed E-state index contributed by atoms with van der Waals surface area (Å²) in [4.78, 5) is 24.3. The third kappa shape index (κ3) is 1.83. The van der Waals surface area contributed by atoms with Crippen LogP contribution >= 0.6 is 0 Å². The number of carbonyl (C=O) groups excluding carboxylic acids is 1. The maximum Gasteiger partial charge on any atom is 0.341 e. The second-order valence-corrected chi connectivity index (χ2v) is 3.05. The Balaban J connectivity index is 2.21. The summed E-state index contributed by atoms with van der Waals surface area (Å²) in [5.41, 5.74) is 0.801. The van der Waals surface area contributed by atoms with Gasteiger partial charge in [0.25, 0.3) is 5.69 Å². The van der Waals surface area contributed by atoms with E-state index in [1.54, 1.807) is 12.1 Å². The molecule has 6 heteroatoms. The number of hydrogen-bond acceptors (Lipinski definition) is 3. The van der Waals surface area contributed by atoms with E-state index in [4.69, 9.17) is 0 Å². The fourth-order valence-electron chi connectivity index (χ4n) is 1.32. The lowest BCUT2D eigenvalue weighted by Crippen LogP contribution is -2.19. The molecule has 0 aliphatic carbocycles. The van der Waals surface area contributed by atoms with Crippen molar-refractivity contribution >= 4 is 17.9 Å². The second-order valence-electron chi connectivity index (χ2n) is 3.05. The fourth-order valence-corrected chi connectivity index (χ4v) is 1.32. The Morgan fingerprint density at radius 3 is 2.47 bits per heavy atom. The first kappa shape index (κ1) is 9.32. The van der Waals surface area contributed by atoms with Crippen LogP contribution in [-0.2, 0) is 0 Å². The lowest BCUT2D eigenvalue weighted by atomic mass is 10.1. The van der Waals surface area contributed by atoms with Crippen molar-refractivity contribution in [1.82, 2.24) is 5.32 Å². The molecule has 6 nitrogen and oxygen atoms in total. The van der Waals surface area contributed by atoms with Gasteiger partial charge in [-0.15, -0.1) is 0 Å². The van der Waals surface area contributed by atoms with Crippen molar-refractivity contribution in [1.29, 1.82) is 0 Å². The van der Waals surface area contributed by atoms with Gasteiger partial charge in [-0.3, -0.25) is 10.1 Å². The topological polar surface area (TPSA) is 84.6 Å². The average molecular weight is 205 g/mol. The molecule has 1 atom stereocenters. The van der Waals surface area contributed by atoms with Crippen LogP contribution in [0, 0.1) is 10.1 Å². The molecular weight excluding hydrogens is 198 g/mol. The van der Waals surface area contributed by atoms with Crippen molar-refractivity contribution in [2.45, 2.75) is 6.04 Å². The molecule has 1 aliphatic rings. The van der Waals surface area contributed by atoms with E-state index in [0.29, 0.717) is 0 Å². The van der Waals surface area contributed by atoms with Gasteiger partial charge in [0.05, 0.1) is 11.0 Å². The molecule has 15 heavy (non-hydrogen) atoms. The fraction of sp³-hybridized carbons (Fsp3) is 0.111. The Kier molecular flexibility index (Phi) is 2.17. The summed E-state index contributed by atoms with van der Waals surface area (Å²) in [6.45, 7) is 0. The highest BCUT2D eigenvalue weighted by Gasteiger charge is 2.18. The molecule has 2 rings (SSSR count). The number of nitro groups is 1. The molecular formula is C9H7N3O3. The number of benzene rings is 1. The second kappa shape index (κ2) is 3.49. The van der Waals surface area contributed by atoms with E-state index in [1.165, 1.54) is 18.3 Å². The molecule has 0 fully saturated rings. The number of urea groups is 1. The molecule has 1 heterocycles. The molecule has 76 valence electrons. The third-order valence-corrected chi connectivity index (χ3v) is 2.08. The molecule has 1 unspecified atom stereocenters. The van der Waals surface area contributed by atoms with Gasteiger partial charge in [0.1, 0.15) is 0 Å². The Morgan fingerprint density at radius 1 is 1.33 bits per heavy atom. The minimum absolute atomic E-state index is 0.0278. The summed E-state index contributed by atoms with van der Waals surface area (Å²) in [5, 5.41) is 13.0. The standard InChI is InChI=1S/C9H7N3O3/c13-9-10-5-8(11-9)6-1-3-7(4-2-6)12(14)15/h1-5,8H,(H,11,13). The predicted molar refractivity (Wildman–Crippen MR) is 52.9 cm³/mol. The van der Waals surface area contributed by atoms with Crippen LogP contribution in [0.5, 0.6) is 0 Å². The lowest BCUT2D eigenvalue weighted by molar-refractivity contribution is -0.384. The first-order valence-electron chi connectivity index (χ1n) is 4.26. The minimum atomic E-state index is -0.467. The van der Waals surface area contributed by atoms with Gasteiger partial charge in [-0.25, -0.2) is 9.79 Å². The maximum absolute atomic E-state index is 10.8. The summed E-state index contributed by atoms with van der Waals surface area (Å²) in [7, 11) is 0. The average Bonchev–Trinajstić information content (AvgIpc) is 2.65. The largest absolute Gasteiger partial charge is 0.341 e. The number of non-ortho nitro benzene ring substituents is 1. The number of nitro benzene ring substituents is 1. The van der Waals surface area contributed by atoms with Crippen molar-refractivity contribution in [3.05, 3.63) is 39.9 Å². The van der Waals surface area contributed by atoms with Crippen molar-refractivity contribution in [2.24, 2.45) is 4.99 Å². The van der Waals surface area contributed by atoms with Crippen LogP contribution in [0.2, 0.25) is 0 Å². The molecule has 1 aromatic rings. The van der Waals surface area contributed by atoms with Crippen molar-refractivity contribution < 1.29 is 9.72 Å². The van der Waals surface area contributed by atoms with Gasteiger partial charge in [-0.2, -0.15) is 0 Å². The molecule has 0 bridgehead atoms. The van der Waals surface area contributed by atoms with E-state index in [1.807, 2.05) is 0 Å². The van der Waals surface area contributed by atoms with E-state index < -0.39 is 11.0 Å². The van der Waals surface area contributed by atoms with Crippen LogP contribution in [0.4, 0.5) is 10.5 Å². The summed E-state index contributed by atoms with van der Waals surface area (Å²) in [6, 6.07) is 5.32. The zero-order chi connectivity index (χ0) is 10.8. The molecule has 0 saturated heterocycles. The van der Waals surface area contributed by atoms with Crippen molar-refractivity contribution in [3.63, 3.8) is 0 Å². The Labute approximate surface area is 84.8 Å². The number of carbonyl (C=O) groups is 1. The van der Waals surface area contributed by atoms with E-state index in [9.17, 15) is 14.9 Å². The van der Waals surface area contributed by atoms with Gasteiger partial charge in [0.2, 0.25) is 0 Å². The summed E-state index contributed by atoms with van der Waals surface area (Å²) < 4.78 is 0. The summed E-state index contributed by atoms with van der Waals surface area (Å²) >= 11 is 0. The van der Waals surface area contributed by atoms with E-state index >= 15 is 0 Å². The molecule has 1 aromatic carbocycles. The van der Waals surface area contributed by atoms with Gasteiger partial charge in [-0.05, 0) is 17.7 Å². The van der Waals surface area contributed by atoms with Crippen LogP contribution in [0.3, 0.4) is 0 Å². The highest BCUT2D eigenvalue weighted by molar-refractivity contribution is 5.93. The SMILES string of the molecule is O=C1N=CC(c2ccc([N+](=O)[O-])cc2)N1. The van der Waals surface area contributed by atoms with E-state index in [-0.39, 0.29) is 11.7 Å². The molecule has 2 amide bonds. The van der Waals surface area contributed by atoms with Gasteiger partial charge in [0.15, 0.2) is 0 Å². The van der Waals surface area contributed by atoms with Gasteiger partial charge >= 0.3 is 6.03 Å². The van der Waals surface area contributed by atoms with Crippen molar-refractivity contribution in [3.8, 4) is 0 Å². The zero-order valence-corrected chi connectivity index (χ0v) is 7.58. The minimum Gasteiger partial charge on any atom is -0.324 e. The Hall–Kier alpha value is -2.24. The summed E-state index contributed by atoms with van der Waals surface area (Å²) in [5.74, 6) is 0.